The molecule has 6 nitrogen and oxygen atoms in total. The summed E-state index contributed by atoms with van der Waals surface area (Å²) in [5.41, 5.74) is 2.79. The number of rotatable bonds is 6. The number of carbonyl (C=O) groups excluding carboxylic acids is 3. The van der Waals surface area contributed by atoms with Gasteiger partial charge < -0.3 is 16.0 Å². The van der Waals surface area contributed by atoms with E-state index in [0.29, 0.717) is 29.4 Å². The summed E-state index contributed by atoms with van der Waals surface area (Å²) in [5.74, 6) is 0.271. The van der Waals surface area contributed by atoms with Gasteiger partial charge in [0, 0.05) is 36.3 Å². The Kier molecular flexibility index (Phi) is 5.54. The molecule has 3 rings (SSSR count). The van der Waals surface area contributed by atoms with Crippen molar-refractivity contribution in [3.63, 3.8) is 0 Å². The lowest BCUT2D eigenvalue weighted by Gasteiger charge is -2.09. The van der Waals surface area contributed by atoms with Crippen molar-refractivity contribution in [2.75, 3.05) is 10.6 Å². The Labute approximate surface area is 158 Å². The molecule has 140 valence electrons. The van der Waals surface area contributed by atoms with Crippen LogP contribution in [-0.4, -0.2) is 17.7 Å². The van der Waals surface area contributed by atoms with Crippen LogP contribution in [0, 0.1) is 11.8 Å². The largest absolute Gasteiger partial charge is 0.348 e. The second kappa shape index (κ2) is 8.03. The van der Waals surface area contributed by atoms with Gasteiger partial charge in [0.25, 0.3) is 5.91 Å². The minimum Gasteiger partial charge on any atom is -0.348 e. The van der Waals surface area contributed by atoms with E-state index in [0.717, 1.165) is 12.0 Å². The van der Waals surface area contributed by atoms with Crippen LogP contribution in [0.3, 0.4) is 0 Å². The fourth-order valence-corrected chi connectivity index (χ4v) is 2.87. The molecule has 0 heterocycles. The van der Waals surface area contributed by atoms with E-state index in [1.54, 1.807) is 30.3 Å². The van der Waals surface area contributed by atoms with Gasteiger partial charge in [0.15, 0.2) is 0 Å². The fraction of sp³-hybridized carbons (Fsp3) is 0.286. The topological polar surface area (TPSA) is 87.3 Å². The molecule has 2 aromatic carbocycles. The van der Waals surface area contributed by atoms with Gasteiger partial charge in [-0.3, -0.25) is 14.4 Å². The predicted molar refractivity (Wildman–Crippen MR) is 104 cm³/mol. The molecule has 1 aliphatic rings. The van der Waals surface area contributed by atoms with Crippen molar-refractivity contribution < 1.29 is 14.4 Å². The van der Waals surface area contributed by atoms with Gasteiger partial charge in [0.2, 0.25) is 11.8 Å². The van der Waals surface area contributed by atoms with Crippen LogP contribution in [0.1, 0.15) is 36.2 Å². The second-order valence-electron chi connectivity index (χ2n) is 6.95. The van der Waals surface area contributed by atoms with Crippen molar-refractivity contribution >= 4 is 29.1 Å². The quantitative estimate of drug-likeness (QED) is 0.735. The van der Waals surface area contributed by atoms with Gasteiger partial charge >= 0.3 is 0 Å². The van der Waals surface area contributed by atoms with Crippen molar-refractivity contribution in [1.29, 1.82) is 0 Å². The van der Waals surface area contributed by atoms with Crippen molar-refractivity contribution in [1.82, 2.24) is 5.32 Å². The molecular formula is C21H23N3O3. The van der Waals surface area contributed by atoms with E-state index < -0.39 is 0 Å². The van der Waals surface area contributed by atoms with Crippen LogP contribution in [-0.2, 0) is 16.1 Å². The van der Waals surface area contributed by atoms with Crippen LogP contribution < -0.4 is 16.0 Å². The van der Waals surface area contributed by atoms with E-state index >= 15 is 0 Å². The summed E-state index contributed by atoms with van der Waals surface area (Å²) in [5, 5.41) is 8.44. The van der Waals surface area contributed by atoms with Gasteiger partial charge in [-0.05, 0) is 54.3 Å². The zero-order chi connectivity index (χ0) is 19.4. The Hall–Kier alpha value is -3.15. The molecule has 2 unspecified atom stereocenters. The van der Waals surface area contributed by atoms with Gasteiger partial charge in [0.05, 0.1) is 0 Å². The summed E-state index contributed by atoms with van der Waals surface area (Å²) in [6, 6.07) is 14.2. The number of anilines is 2. The van der Waals surface area contributed by atoms with Crippen LogP contribution in [0.5, 0.6) is 0 Å². The minimum absolute atomic E-state index is 0.0405. The number of hydrogen-bond donors (Lipinski definition) is 3. The zero-order valence-electron chi connectivity index (χ0n) is 15.4. The maximum absolute atomic E-state index is 12.3. The van der Waals surface area contributed by atoms with Crippen molar-refractivity contribution in [3.8, 4) is 0 Å². The Bertz CT molecular complexity index is 861. The SMILES string of the molecule is CC(=O)Nc1cccc(CNC(=O)c2ccc(NC(=O)C3CC3C)cc2)c1. The van der Waals surface area contributed by atoms with Crippen molar-refractivity contribution in [2.24, 2.45) is 11.8 Å². The van der Waals surface area contributed by atoms with Crippen molar-refractivity contribution in [3.05, 3.63) is 59.7 Å². The standard InChI is InChI=1S/C21H23N3O3/c1-13-10-19(13)21(27)24-17-8-6-16(7-9-17)20(26)22-12-15-4-3-5-18(11-15)23-14(2)25/h3-9,11,13,19H,10,12H2,1-2H3,(H,22,26)(H,23,25)(H,24,27). The zero-order valence-corrected chi connectivity index (χ0v) is 15.4. The Balaban J connectivity index is 1.53. The lowest BCUT2D eigenvalue weighted by molar-refractivity contribution is -0.117. The lowest BCUT2D eigenvalue weighted by Crippen LogP contribution is -2.23. The van der Waals surface area contributed by atoms with E-state index in [9.17, 15) is 14.4 Å². The molecule has 0 radical (unpaired) electrons. The van der Waals surface area contributed by atoms with Crippen LogP contribution >= 0.6 is 0 Å². The number of benzene rings is 2. The smallest absolute Gasteiger partial charge is 0.251 e. The summed E-state index contributed by atoms with van der Waals surface area (Å²) in [7, 11) is 0. The molecule has 3 N–H and O–H groups in total. The normalized spacial score (nSPS) is 17.7. The molecule has 1 saturated carbocycles. The van der Waals surface area contributed by atoms with Gasteiger partial charge in [-0.25, -0.2) is 0 Å². The Morgan fingerprint density at radius 1 is 1.00 bits per heavy atom. The van der Waals surface area contributed by atoms with E-state index in [2.05, 4.69) is 22.9 Å². The van der Waals surface area contributed by atoms with Crippen molar-refractivity contribution in [2.45, 2.75) is 26.8 Å². The van der Waals surface area contributed by atoms with Gasteiger partial charge in [-0.15, -0.1) is 0 Å². The summed E-state index contributed by atoms with van der Waals surface area (Å²) in [6.45, 7) is 3.86. The first-order valence-corrected chi connectivity index (χ1v) is 8.98. The highest BCUT2D eigenvalue weighted by atomic mass is 16.2. The van der Waals surface area contributed by atoms with Gasteiger partial charge in [0.1, 0.15) is 0 Å². The summed E-state index contributed by atoms with van der Waals surface area (Å²) in [6.07, 6.45) is 0.940. The third-order valence-corrected chi connectivity index (χ3v) is 4.56. The number of nitrogens with one attached hydrogen (secondary N) is 3. The van der Waals surface area contributed by atoms with E-state index in [-0.39, 0.29) is 23.6 Å². The maximum atomic E-state index is 12.3. The Morgan fingerprint density at radius 2 is 1.70 bits per heavy atom. The molecule has 0 aliphatic heterocycles. The molecule has 2 aromatic rings. The number of carbonyl (C=O) groups is 3. The number of hydrogen-bond acceptors (Lipinski definition) is 3. The number of amides is 3. The van der Waals surface area contributed by atoms with E-state index in [1.165, 1.54) is 6.92 Å². The predicted octanol–water partition coefficient (Wildman–Crippen LogP) is 3.17. The molecule has 6 heteroatoms. The average molecular weight is 365 g/mol. The van der Waals surface area contributed by atoms with Gasteiger partial charge in [-0.2, -0.15) is 0 Å². The molecular weight excluding hydrogens is 342 g/mol. The first-order chi connectivity index (χ1) is 12.9. The van der Waals surface area contributed by atoms with Crippen LogP contribution in [0.15, 0.2) is 48.5 Å². The van der Waals surface area contributed by atoms with E-state index in [4.69, 9.17) is 0 Å². The molecule has 1 fully saturated rings. The maximum Gasteiger partial charge on any atom is 0.251 e. The monoisotopic (exact) mass is 365 g/mol. The fourth-order valence-electron chi connectivity index (χ4n) is 2.87. The molecule has 1 aliphatic carbocycles. The summed E-state index contributed by atoms with van der Waals surface area (Å²) < 4.78 is 0. The Morgan fingerprint density at radius 3 is 2.33 bits per heavy atom. The molecule has 0 bridgehead atoms. The average Bonchev–Trinajstić information content (AvgIpc) is 3.37. The highest BCUT2D eigenvalue weighted by molar-refractivity contribution is 5.97. The molecule has 3 amide bonds. The van der Waals surface area contributed by atoms with Crippen LogP contribution in [0.2, 0.25) is 0 Å². The first kappa shape index (κ1) is 18.6. The summed E-state index contributed by atoms with van der Waals surface area (Å²) in [4.78, 5) is 35.4. The molecule has 0 saturated heterocycles. The third-order valence-electron chi connectivity index (χ3n) is 4.56. The van der Waals surface area contributed by atoms with Gasteiger partial charge in [-0.1, -0.05) is 19.1 Å². The van der Waals surface area contributed by atoms with Crippen LogP contribution in [0.25, 0.3) is 0 Å². The molecule has 0 spiro atoms. The minimum atomic E-state index is -0.200. The third kappa shape index (κ3) is 5.17. The first-order valence-electron chi connectivity index (χ1n) is 8.98. The molecule has 2 atom stereocenters. The second-order valence-corrected chi connectivity index (χ2v) is 6.95. The van der Waals surface area contributed by atoms with E-state index in [1.807, 2.05) is 18.2 Å². The molecule has 0 aromatic heterocycles. The summed E-state index contributed by atoms with van der Waals surface area (Å²) >= 11 is 0. The highest BCUT2D eigenvalue weighted by Gasteiger charge is 2.39. The lowest BCUT2D eigenvalue weighted by atomic mass is 10.1. The highest BCUT2D eigenvalue weighted by Crippen LogP contribution is 2.38. The molecule has 27 heavy (non-hydrogen) atoms. The van der Waals surface area contributed by atoms with Crippen LogP contribution in [0.4, 0.5) is 11.4 Å².